The topological polar surface area (TPSA) is 59.4 Å². The van der Waals surface area contributed by atoms with Crippen molar-refractivity contribution in [3.8, 4) is 5.75 Å². The van der Waals surface area contributed by atoms with E-state index in [1.54, 1.807) is 17.4 Å². The van der Waals surface area contributed by atoms with E-state index in [4.69, 9.17) is 16.3 Å². The van der Waals surface area contributed by atoms with Gasteiger partial charge in [-0.15, -0.1) is 0 Å². The molecule has 1 heterocycles. The summed E-state index contributed by atoms with van der Waals surface area (Å²) < 4.78 is 21.1. The molecule has 0 bridgehead atoms. The molecule has 0 aliphatic heterocycles. The van der Waals surface area contributed by atoms with Crippen LogP contribution in [0.2, 0.25) is 5.02 Å². The number of carbonyl (C=O) groups excluding carboxylic acids is 1. The van der Waals surface area contributed by atoms with Crippen molar-refractivity contribution in [2.75, 3.05) is 18.5 Å². The van der Waals surface area contributed by atoms with Gasteiger partial charge in [0.2, 0.25) is 0 Å². The first kappa shape index (κ1) is 21.6. The van der Waals surface area contributed by atoms with Crippen molar-refractivity contribution in [2.45, 2.75) is 26.4 Å². The molecule has 0 spiro atoms. The molecule has 3 rings (SSSR count). The molecule has 0 aliphatic rings. The molecule has 0 radical (unpaired) electrons. The van der Waals surface area contributed by atoms with Gasteiger partial charge in [-0.2, -0.15) is 0 Å². The van der Waals surface area contributed by atoms with Gasteiger partial charge < -0.3 is 19.5 Å². The first-order valence-corrected chi connectivity index (χ1v) is 10.1. The molecule has 0 fully saturated rings. The minimum atomic E-state index is -0.530. The fourth-order valence-electron chi connectivity index (χ4n) is 3.03. The highest BCUT2D eigenvalue weighted by atomic mass is 35.5. The van der Waals surface area contributed by atoms with Crippen molar-refractivity contribution in [2.24, 2.45) is 0 Å². The smallest absolute Gasteiger partial charge is 0.322 e. The molecule has 3 aromatic rings. The zero-order valence-corrected chi connectivity index (χ0v) is 17.5. The van der Waals surface area contributed by atoms with Crippen LogP contribution < -0.4 is 10.1 Å². The maximum atomic E-state index is 13.4. The highest BCUT2D eigenvalue weighted by molar-refractivity contribution is 6.31. The van der Waals surface area contributed by atoms with Crippen LogP contribution in [0.3, 0.4) is 0 Å². The SMILES string of the molecule is CCOc1ccccc1CN(CCCn1ccnc1)C(=O)Nc1ccc(F)c(Cl)c1. The molecular formula is C22H24ClFN4O2. The summed E-state index contributed by atoms with van der Waals surface area (Å²) in [4.78, 5) is 18.7. The number of nitrogens with one attached hydrogen (secondary N) is 1. The number of ether oxygens (including phenoxy) is 1. The molecule has 8 heteroatoms. The second-order valence-corrected chi connectivity index (χ2v) is 7.08. The Kier molecular flexibility index (Phi) is 7.68. The van der Waals surface area contributed by atoms with Crippen molar-refractivity contribution in [3.05, 3.63) is 77.6 Å². The summed E-state index contributed by atoms with van der Waals surface area (Å²) >= 11 is 5.84. The number of hydrogen-bond donors (Lipinski definition) is 1. The Balaban J connectivity index is 1.73. The Hall–Kier alpha value is -3.06. The van der Waals surface area contributed by atoms with E-state index >= 15 is 0 Å². The second-order valence-electron chi connectivity index (χ2n) is 6.68. The molecule has 0 atom stereocenters. The molecule has 0 aliphatic carbocycles. The monoisotopic (exact) mass is 430 g/mol. The number of imidazole rings is 1. The zero-order valence-electron chi connectivity index (χ0n) is 16.7. The van der Waals surface area contributed by atoms with Crippen molar-refractivity contribution >= 4 is 23.3 Å². The van der Waals surface area contributed by atoms with Gasteiger partial charge in [0.15, 0.2) is 0 Å². The maximum Gasteiger partial charge on any atom is 0.322 e. The molecule has 6 nitrogen and oxygen atoms in total. The first-order chi connectivity index (χ1) is 14.6. The van der Waals surface area contributed by atoms with E-state index in [0.717, 1.165) is 24.3 Å². The number of aryl methyl sites for hydroxylation is 1. The third kappa shape index (κ3) is 5.97. The number of rotatable bonds is 9. The summed E-state index contributed by atoms with van der Waals surface area (Å²) in [6, 6.07) is 11.5. The highest BCUT2D eigenvalue weighted by Gasteiger charge is 2.17. The van der Waals surface area contributed by atoms with Gasteiger partial charge in [0.1, 0.15) is 11.6 Å². The number of amides is 2. The van der Waals surface area contributed by atoms with E-state index in [2.05, 4.69) is 10.3 Å². The molecule has 1 N–H and O–H groups in total. The summed E-state index contributed by atoms with van der Waals surface area (Å²) in [5.41, 5.74) is 1.35. The standard InChI is InChI=1S/C22H24ClFN4O2/c1-2-30-21-7-4-3-6-17(21)15-28(12-5-11-27-13-10-25-16-27)22(29)26-18-8-9-20(24)19(23)14-18/h3-4,6-10,13-14,16H,2,5,11-12,15H2,1H3,(H,26,29). The lowest BCUT2D eigenvalue weighted by Crippen LogP contribution is -2.35. The van der Waals surface area contributed by atoms with E-state index in [-0.39, 0.29) is 11.1 Å². The van der Waals surface area contributed by atoms with Crippen molar-refractivity contribution < 1.29 is 13.9 Å². The van der Waals surface area contributed by atoms with Gasteiger partial charge in [-0.1, -0.05) is 29.8 Å². The molecule has 2 amide bonds. The number of aromatic nitrogens is 2. The van der Waals surface area contributed by atoms with Crippen molar-refractivity contribution in [1.82, 2.24) is 14.5 Å². The molecule has 1 aromatic heterocycles. The largest absolute Gasteiger partial charge is 0.494 e. The second kappa shape index (κ2) is 10.6. The molecule has 0 saturated carbocycles. The van der Waals surface area contributed by atoms with Gasteiger partial charge in [0, 0.05) is 36.7 Å². The Bertz CT molecular complexity index is 966. The van der Waals surface area contributed by atoms with Crippen LogP contribution >= 0.6 is 11.6 Å². The van der Waals surface area contributed by atoms with Crippen molar-refractivity contribution in [1.29, 1.82) is 0 Å². The van der Waals surface area contributed by atoms with Crippen LogP contribution in [-0.2, 0) is 13.1 Å². The van der Waals surface area contributed by atoms with Crippen LogP contribution in [0, 0.1) is 5.82 Å². The van der Waals surface area contributed by atoms with E-state index < -0.39 is 5.82 Å². The van der Waals surface area contributed by atoms with Crippen LogP contribution in [0.15, 0.2) is 61.2 Å². The maximum absolute atomic E-state index is 13.4. The lowest BCUT2D eigenvalue weighted by atomic mass is 10.2. The molecular weight excluding hydrogens is 407 g/mol. The van der Waals surface area contributed by atoms with Crippen LogP contribution in [0.4, 0.5) is 14.9 Å². The van der Waals surface area contributed by atoms with E-state index in [1.165, 1.54) is 18.2 Å². The van der Waals surface area contributed by atoms with E-state index in [0.29, 0.717) is 25.4 Å². The lowest BCUT2D eigenvalue weighted by molar-refractivity contribution is 0.206. The average Bonchev–Trinajstić information content (AvgIpc) is 3.25. The Morgan fingerprint density at radius 1 is 1.30 bits per heavy atom. The molecule has 158 valence electrons. The number of hydrogen-bond acceptors (Lipinski definition) is 3. The number of para-hydroxylation sites is 1. The van der Waals surface area contributed by atoms with Crippen LogP contribution in [0.25, 0.3) is 0 Å². The summed E-state index contributed by atoms with van der Waals surface area (Å²) in [6.07, 6.45) is 6.09. The fourth-order valence-corrected chi connectivity index (χ4v) is 3.21. The molecule has 30 heavy (non-hydrogen) atoms. The number of nitrogens with zero attached hydrogens (tertiary/aromatic N) is 3. The zero-order chi connectivity index (χ0) is 21.3. The number of benzene rings is 2. The molecule has 2 aromatic carbocycles. The normalized spacial score (nSPS) is 10.6. The number of halogens is 2. The van der Waals surface area contributed by atoms with Gasteiger partial charge in [-0.3, -0.25) is 0 Å². The predicted octanol–water partition coefficient (Wildman–Crippen LogP) is 5.20. The third-order valence-corrected chi connectivity index (χ3v) is 4.78. The van der Waals surface area contributed by atoms with Crippen molar-refractivity contribution in [3.63, 3.8) is 0 Å². The number of urea groups is 1. The van der Waals surface area contributed by atoms with Gasteiger partial charge >= 0.3 is 6.03 Å². The van der Waals surface area contributed by atoms with Crippen LogP contribution in [0.5, 0.6) is 5.75 Å². The fraction of sp³-hybridized carbons (Fsp3) is 0.273. The third-order valence-electron chi connectivity index (χ3n) is 4.50. The summed E-state index contributed by atoms with van der Waals surface area (Å²) in [5, 5.41) is 2.76. The van der Waals surface area contributed by atoms with Gasteiger partial charge in [0.25, 0.3) is 0 Å². The van der Waals surface area contributed by atoms with Gasteiger partial charge in [0.05, 0.1) is 24.5 Å². The molecule has 0 saturated heterocycles. The van der Waals surface area contributed by atoms with Crippen LogP contribution in [-0.4, -0.2) is 33.6 Å². The lowest BCUT2D eigenvalue weighted by Gasteiger charge is -2.24. The number of anilines is 1. The van der Waals surface area contributed by atoms with E-state index in [9.17, 15) is 9.18 Å². The highest BCUT2D eigenvalue weighted by Crippen LogP contribution is 2.22. The Morgan fingerprint density at radius 3 is 2.87 bits per heavy atom. The summed E-state index contributed by atoms with van der Waals surface area (Å²) in [7, 11) is 0. The van der Waals surface area contributed by atoms with Gasteiger partial charge in [-0.05, 0) is 37.6 Å². The first-order valence-electron chi connectivity index (χ1n) is 9.74. The summed E-state index contributed by atoms with van der Waals surface area (Å²) in [5.74, 6) is 0.217. The summed E-state index contributed by atoms with van der Waals surface area (Å²) in [6.45, 7) is 4.09. The van der Waals surface area contributed by atoms with E-state index in [1.807, 2.05) is 42.0 Å². The average molecular weight is 431 g/mol. The Labute approximate surface area is 180 Å². The van der Waals surface area contributed by atoms with Gasteiger partial charge in [-0.25, -0.2) is 14.2 Å². The van der Waals surface area contributed by atoms with Crippen LogP contribution in [0.1, 0.15) is 18.9 Å². The molecule has 0 unspecified atom stereocenters. The number of carbonyl (C=O) groups is 1. The Morgan fingerprint density at radius 2 is 2.13 bits per heavy atom. The predicted molar refractivity (Wildman–Crippen MR) is 115 cm³/mol. The minimum absolute atomic E-state index is 0.0406. The minimum Gasteiger partial charge on any atom is -0.494 e. The quantitative estimate of drug-likeness (QED) is 0.507.